The minimum Gasteiger partial charge on any atom is -0.381 e. The van der Waals surface area contributed by atoms with E-state index in [4.69, 9.17) is 10.5 Å². The predicted octanol–water partition coefficient (Wildman–Crippen LogP) is 1.05. The predicted molar refractivity (Wildman–Crippen MR) is 66.5 cm³/mol. The molecular formula is C13H24N2O2. The van der Waals surface area contributed by atoms with E-state index in [1.807, 2.05) is 0 Å². The molecule has 0 bridgehead atoms. The lowest BCUT2D eigenvalue weighted by molar-refractivity contribution is -0.121. The van der Waals surface area contributed by atoms with Gasteiger partial charge >= 0.3 is 0 Å². The average molecular weight is 240 g/mol. The van der Waals surface area contributed by atoms with Crippen LogP contribution in [0.3, 0.4) is 0 Å². The highest BCUT2D eigenvalue weighted by atomic mass is 16.5. The Labute approximate surface area is 103 Å². The van der Waals surface area contributed by atoms with Gasteiger partial charge in [-0.1, -0.05) is 0 Å². The quantitative estimate of drug-likeness (QED) is 0.729. The van der Waals surface area contributed by atoms with Crippen LogP contribution in [0.15, 0.2) is 0 Å². The standard InChI is InChI=1S/C13H24N2O2/c14-12(11-2-3-11)9-15-13(16)4-1-10-5-7-17-8-6-10/h10-12H,1-9,14H2,(H,15,16). The summed E-state index contributed by atoms with van der Waals surface area (Å²) in [6.07, 6.45) is 6.32. The maximum Gasteiger partial charge on any atom is 0.220 e. The van der Waals surface area contributed by atoms with E-state index in [-0.39, 0.29) is 11.9 Å². The lowest BCUT2D eigenvalue weighted by atomic mass is 9.95. The van der Waals surface area contributed by atoms with Crippen LogP contribution in [0.5, 0.6) is 0 Å². The summed E-state index contributed by atoms with van der Waals surface area (Å²) < 4.78 is 5.30. The van der Waals surface area contributed by atoms with Crippen molar-refractivity contribution < 1.29 is 9.53 Å². The molecule has 1 unspecified atom stereocenters. The first kappa shape index (κ1) is 12.8. The van der Waals surface area contributed by atoms with E-state index in [9.17, 15) is 4.79 Å². The summed E-state index contributed by atoms with van der Waals surface area (Å²) in [4.78, 5) is 11.6. The van der Waals surface area contributed by atoms with Crippen LogP contribution in [-0.2, 0) is 9.53 Å². The summed E-state index contributed by atoms with van der Waals surface area (Å²) >= 11 is 0. The molecule has 2 aliphatic rings. The molecule has 2 rings (SSSR count). The molecule has 1 amide bonds. The number of rotatable bonds is 6. The second-order valence-electron chi connectivity index (χ2n) is 5.40. The van der Waals surface area contributed by atoms with Crippen LogP contribution in [0.4, 0.5) is 0 Å². The van der Waals surface area contributed by atoms with Gasteiger partial charge in [-0.25, -0.2) is 0 Å². The third-order valence-corrected chi connectivity index (χ3v) is 3.88. The molecular weight excluding hydrogens is 216 g/mol. The fourth-order valence-corrected chi connectivity index (χ4v) is 2.38. The van der Waals surface area contributed by atoms with Gasteiger partial charge in [-0.2, -0.15) is 0 Å². The zero-order valence-electron chi connectivity index (χ0n) is 10.5. The summed E-state index contributed by atoms with van der Waals surface area (Å²) in [6, 6.07) is 0.169. The van der Waals surface area contributed by atoms with E-state index in [0.717, 1.165) is 32.5 Å². The van der Waals surface area contributed by atoms with Crippen LogP contribution in [0.25, 0.3) is 0 Å². The van der Waals surface area contributed by atoms with E-state index < -0.39 is 0 Å². The smallest absolute Gasteiger partial charge is 0.220 e. The Balaban J connectivity index is 1.53. The Kier molecular flexibility index (Phi) is 4.80. The molecule has 4 heteroatoms. The molecule has 1 saturated carbocycles. The monoisotopic (exact) mass is 240 g/mol. The van der Waals surface area contributed by atoms with Crippen LogP contribution >= 0.6 is 0 Å². The molecule has 2 fully saturated rings. The molecule has 98 valence electrons. The lowest BCUT2D eigenvalue weighted by Gasteiger charge is -2.21. The van der Waals surface area contributed by atoms with Gasteiger partial charge in [0.15, 0.2) is 0 Å². The van der Waals surface area contributed by atoms with Gasteiger partial charge in [-0.3, -0.25) is 4.79 Å². The highest BCUT2D eigenvalue weighted by Crippen LogP contribution is 2.31. The van der Waals surface area contributed by atoms with Crippen molar-refractivity contribution in [1.82, 2.24) is 5.32 Å². The van der Waals surface area contributed by atoms with Gasteiger partial charge in [0.05, 0.1) is 0 Å². The summed E-state index contributed by atoms with van der Waals surface area (Å²) in [5.41, 5.74) is 5.93. The first-order chi connectivity index (χ1) is 8.25. The molecule has 17 heavy (non-hydrogen) atoms. The van der Waals surface area contributed by atoms with Gasteiger partial charge < -0.3 is 15.8 Å². The van der Waals surface area contributed by atoms with E-state index in [1.165, 1.54) is 12.8 Å². The van der Waals surface area contributed by atoms with Crippen molar-refractivity contribution in [3.05, 3.63) is 0 Å². The van der Waals surface area contributed by atoms with E-state index in [1.54, 1.807) is 0 Å². The second kappa shape index (κ2) is 6.36. The van der Waals surface area contributed by atoms with E-state index in [2.05, 4.69) is 5.32 Å². The molecule has 0 aromatic rings. The summed E-state index contributed by atoms with van der Waals surface area (Å²) in [5.74, 6) is 1.49. The van der Waals surface area contributed by atoms with Gasteiger partial charge in [0.1, 0.15) is 0 Å². The van der Waals surface area contributed by atoms with Gasteiger partial charge in [-0.15, -0.1) is 0 Å². The van der Waals surface area contributed by atoms with Crippen molar-refractivity contribution in [2.45, 2.75) is 44.6 Å². The summed E-state index contributed by atoms with van der Waals surface area (Å²) in [6.45, 7) is 2.37. The van der Waals surface area contributed by atoms with Gasteiger partial charge in [-0.05, 0) is 43.9 Å². The fraction of sp³-hybridized carbons (Fsp3) is 0.923. The van der Waals surface area contributed by atoms with Crippen LogP contribution in [0.2, 0.25) is 0 Å². The Morgan fingerprint density at radius 1 is 1.29 bits per heavy atom. The number of carbonyl (C=O) groups excluding carboxylic acids is 1. The topological polar surface area (TPSA) is 64.3 Å². The summed E-state index contributed by atoms with van der Waals surface area (Å²) in [7, 11) is 0. The van der Waals surface area contributed by atoms with Crippen LogP contribution in [-0.4, -0.2) is 31.7 Å². The van der Waals surface area contributed by atoms with Crippen LogP contribution in [0, 0.1) is 11.8 Å². The zero-order chi connectivity index (χ0) is 12.1. The van der Waals surface area contributed by atoms with Crippen molar-refractivity contribution in [2.24, 2.45) is 17.6 Å². The molecule has 1 atom stereocenters. The molecule has 1 aliphatic carbocycles. The first-order valence-corrected chi connectivity index (χ1v) is 6.85. The maximum absolute atomic E-state index is 11.6. The number of nitrogens with one attached hydrogen (secondary N) is 1. The lowest BCUT2D eigenvalue weighted by Crippen LogP contribution is -2.38. The molecule has 1 aliphatic heterocycles. The Morgan fingerprint density at radius 2 is 2.00 bits per heavy atom. The number of hydrogen-bond donors (Lipinski definition) is 2. The van der Waals surface area contributed by atoms with Crippen molar-refractivity contribution >= 4 is 5.91 Å². The molecule has 0 radical (unpaired) electrons. The fourth-order valence-electron chi connectivity index (χ4n) is 2.38. The molecule has 3 N–H and O–H groups in total. The first-order valence-electron chi connectivity index (χ1n) is 6.85. The van der Waals surface area contributed by atoms with Crippen molar-refractivity contribution in [2.75, 3.05) is 19.8 Å². The largest absolute Gasteiger partial charge is 0.381 e. The number of amides is 1. The van der Waals surface area contributed by atoms with Crippen molar-refractivity contribution in [1.29, 1.82) is 0 Å². The summed E-state index contributed by atoms with van der Waals surface area (Å²) in [5, 5.41) is 2.95. The molecule has 0 aromatic heterocycles. The molecule has 1 saturated heterocycles. The van der Waals surface area contributed by atoms with Crippen molar-refractivity contribution in [3.8, 4) is 0 Å². The highest BCUT2D eigenvalue weighted by molar-refractivity contribution is 5.75. The molecule has 4 nitrogen and oxygen atoms in total. The third kappa shape index (κ3) is 4.64. The van der Waals surface area contributed by atoms with Crippen LogP contribution < -0.4 is 11.1 Å². The third-order valence-electron chi connectivity index (χ3n) is 3.88. The SMILES string of the molecule is NC(CNC(=O)CCC1CCOCC1)C1CC1. The van der Waals surface area contributed by atoms with Crippen molar-refractivity contribution in [3.63, 3.8) is 0 Å². The minimum absolute atomic E-state index is 0.160. The number of hydrogen-bond acceptors (Lipinski definition) is 3. The number of nitrogens with two attached hydrogens (primary N) is 1. The minimum atomic E-state index is 0.160. The van der Waals surface area contributed by atoms with Crippen LogP contribution in [0.1, 0.15) is 38.5 Å². The maximum atomic E-state index is 11.6. The normalized spacial score (nSPS) is 23.4. The Hall–Kier alpha value is -0.610. The van der Waals surface area contributed by atoms with Gasteiger partial charge in [0.2, 0.25) is 5.91 Å². The Morgan fingerprint density at radius 3 is 2.65 bits per heavy atom. The number of carbonyl (C=O) groups is 1. The van der Waals surface area contributed by atoms with Gasteiger partial charge in [0.25, 0.3) is 0 Å². The second-order valence-corrected chi connectivity index (χ2v) is 5.40. The molecule has 0 spiro atoms. The number of ether oxygens (including phenoxy) is 1. The molecule has 1 heterocycles. The average Bonchev–Trinajstić information content (AvgIpc) is 3.19. The highest BCUT2D eigenvalue weighted by Gasteiger charge is 2.28. The van der Waals surface area contributed by atoms with Gasteiger partial charge in [0, 0.05) is 32.2 Å². The van der Waals surface area contributed by atoms with E-state index in [0.29, 0.717) is 24.8 Å². The van der Waals surface area contributed by atoms with E-state index >= 15 is 0 Å². The molecule has 0 aromatic carbocycles. The zero-order valence-corrected chi connectivity index (χ0v) is 10.5. The Bertz CT molecular complexity index is 248.